The van der Waals surface area contributed by atoms with Crippen molar-refractivity contribution in [3.05, 3.63) is 0 Å². The van der Waals surface area contributed by atoms with Crippen LogP contribution in [0.15, 0.2) is 0 Å². The van der Waals surface area contributed by atoms with Crippen molar-refractivity contribution < 1.29 is 4.79 Å². The van der Waals surface area contributed by atoms with Crippen LogP contribution < -0.4 is 11.1 Å². The molecule has 1 amide bonds. The summed E-state index contributed by atoms with van der Waals surface area (Å²) < 4.78 is 0. The van der Waals surface area contributed by atoms with Gasteiger partial charge in [0.1, 0.15) is 0 Å². The monoisotopic (exact) mass is 269 g/mol. The summed E-state index contributed by atoms with van der Waals surface area (Å²) in [6.07, 6.45) is 6.34. The Hall–Kier alpha value is -0.610. The highest BCUT2D eigenvalue weighted by Gasteiger charge is 2.23. The van der Waals surface area contributed by atoms with Crippen molar-refractivity contribution in [1.82, 2.24) is 10.2 Å². The van der Waals surface area contributed by atoms with Crippen LogP contribution >= 0.6 is 0 Å². The van der Waals surface area contributed by atoms with E-state index in [0.29, 0.717) is 25.0 Å². The molecular weight excluding hydrogens is 238 g/mol. The zero-order valence-electron chi connectivity index (χ0n) is 12.8. The number of nitrogens with one attached hydrogen (secondary N) is 1. The Bertz CT molecular complexity index is 262. The van der Waals surface area contributed by atoms with E-state index in [-0.39, 0.29) is 11.9 Å². The summed E-state index contributed by atoms with van der Waals surface area (Å²) in [6.45, 7) is 8.28. The molecule has 0 heterocycles. The average Bonchev–Trinajstić information content (AvgIpc) is 2.39. The Morgan fingerprint density at radius 2 is 1.89 bits per heavy atom. The minimum absolute atomic E-state index is 0.139. The Morgan fingerprint density at radius 3 is 2.42 bits per heavy atom. The maximum atomic E-state index is 12.1. The highest BCUT2D eigenvalue weighted by Crippen LogP contribution is 2.22. The molecule has 1 rings (SSSR count). The standard InChI is InChI=1S/C15H31N3O/c1-12(2)13(3)17-15(19)11-18(10-9-16)14-7-5-4-6-8-14/h12-14H,4-11,16H2,1-3H3,(H,17,19). The molecule has 1 aliphatic carbocycles. The molecule has 0 aliphatic heterocycles. The molecule has 4 heteroatoms. The van der Waals surface area contributed by atoms with Crippen LogP contribution in [0.1, 0.15) is 52.9 Å². The summed E-state index contributed by atoms with van der Waals surface area (Å²) in [4.78, 5) is 14.4. The second-order valence-electron chi connectivity index (χ2n) is 6.15. The van der Waals surface area contributed by atoms with Crippen LogP contribution in [0.25, 0.3) is 0 Å². The van der Waals surface area contributed by atoms with Crippen molar-refractivity contribution in [2.24, 2.45) is 11.7 Å². The quantitative estimate of drug-likeness (QED) is 0.740. The Kier molecular flexibility index (Phi) is 7.39. The minimum Gasteiger partial charge on any atom is -0.352 e. The van der Waals surface area contributed by atoms with E-state index in [0.717, 1.165) is 6.54 Å². The predicted molar refractivity (Wildman–Crippen MR) is 79.9 cm³/mol. The molecule has 0 saturated heterocycles. The summed E-state index contributed by atoms with van der Waals surface area (Å²) in [5.74, 6) is 0.613. The highest BCUT2D eigenvalue weighted by atomic mass is 16.2. The third kappa shape index (κ3) is 5.91. The number of nitrogens with zero attached hydrogens (tertiary/aromatic N) is 1. The fourth-order valence-electron chi connectivity index (χ4n) is 2.65. The van der Waals surface area contributed by atoms with Crippen LogP contribution in [0.2, 0.25) is 0 Å². The normalized spacial score (nSPS) is 18.8. The second-order valence-corrected chi connectivity index (χ2v) is 6.15. The molecular formula is C15H31N3O. The van der Waals surface area contributed by atoms with Crippen molar-refractivity contribution in [3.8, 4) is 0 Å². The summed E-state index contributed by atoms with van der Waals surface area (Å²) in [5, 5.41) is 3.09. The van der Waals surface area contributed by atoms with Crippen molar-refractivity contribution in [2.45, 2.75) is 65.0 Å². The number of hydrogen-bond acceptors (Lipinski definition) is 3. The lowest BCUT2D eigenvalue weighted by Crippen LogP contribution is -2.48. The number of amides is 1. The predicted octanol–water partition coefficient (Wildman–Crippen LogP) is 1.74. The van der Waals surface area contributed by atoms with Gasteiger partial charge in [0.15, 0.2) is 0 Å². The molecule has 3 N–H and O–H groups in total. The maximum absolute atomic E-state index is 12.1. The third-order valence-corrected chi connectivity index (χ3v) is 4.24. The van der Waals surface area contributed by atoms with Gasteiger partial charge < -0.3 is 11.1 Å². The van der Waals surface area contributed by atoms with E-state index in [1.807, 2.05) is 0 Å². The zero-order valence-corrected chi connectivity index (χ0v) is 12.8. The SMILES string of the molecule is CC(C)C(C)NC(=O)CN(CCN)C1CCCCC1. The topological polar surface area (TPSA) is 58.4 Å². The van der Waals surface area contributed by atoms with Gasteiger partial charge in [-0.2, -0.15) is 0 Å². The van der Waals surface area contributed by atoms with E-state index in [4.69, 9.17) is 5.73 Å². The van der Waals surface area contributed by atoms with Gasteiger partial charge in [0.25, 0.3) is 0 Å². The molecule has 0 bridgehead atoms. The third-order valence-electron chi connectivity index (χ3n) is 4.24. The van der Waals surface area contributed by atoms with Crippen molar-refractivity contribution in [3.63, 3.8) is 0 Å². The van der Waals surface area contributed by atoms with Crippen LogP contribution in [0.4, 0.5) is 0 Å². The van der Waals surface area contributed by atoms with Gasteiger partial charge >= 0.3 is 0 Å². The molecule has 4 nitrogen and oxygen atoms in total. The smallest absolute Gasteiger partial charge is 0.234 e. The maximum Gasteiger partial charge on any atom is 0.234 e. The number of rotatable bonds is 7. The van der Waals surface area contributed by atoms with Gasteiger partial charge in [-0.25, -0.2) is 0 Å². The Labute approximate surface area is 118 Å². The molecule has 0 radical (unpaired) electrons. The van der Waals surface area contributed by atoms with Gasteiger partial charge in [-0.05, 0) is 25.7 Å². The number of carbonyl (C=O) groups excluding carboxylic acids is 1. The van der Waals surface area contributed by atoms with Crippen molar-refractivity contribution >= 4 is 5.91 Å². The largest absolute Gasteiger partial charge is 0.352 e. The molecule has 0 aromatic carbocycles. The van der Waals surface area contributed by atoms with E-state index in [2.05, 4.69) is 31.0 Å². The lowest BCUT2D eigenvalue weighted by atomic mass is 9.94. The number of nitrogens with two attached hydrogens (primary N) is 1. The summed E-state index contributed by atoms with van der Waals surface area (Å²) in [6, 6.07) is 0.788. The fraction of sp³-hybridized carbons (Fsp3) is 0.933. The first kappa shape index (κ1) is 16.4. The zero-order chi connectivity index (χ0) is 14.3. The van der Waals surface area contributed by atoms with Crippen LogP contribution in [0, 0.1) is 5.92 Å². The molecule has 1 atom stereocenters. The molecule has 0 aromatic heterocycles. The summed E-state index contributed by atoms with van der Waals surface area (Å²) in [7, 11) is 0. The van der Waals surface area contributed by atoms with E-state index in [9.17, 15) is 4.79 Å². The fourth-order valence-corrected chi connectivity index (χ4v) is 2.65. The second kappa shape index (κ2) is 8.54. The lowest BCUT2D eigenvalue weighted by Gasteiger charge is -2.34. The van der Waals surface area contributed by atoms with Crippen LogP contribution in [0.5, 0.6) is 0 Å². The number of hydrogen-bond donors (Lipinski definition) is 2. The molecule has 112 valence electrons. The van der Waals surface area contributed by atoms with E-state index < -0.39 is 0 Å². The van der Waals surface area contributed by atoms with Gasteiger partial charge in [-0.1, -0.05) is 33.1 Å². The van der Waals surface area contributed by atoms with Crippen molar-refractivity contribution in [2.75, 3.05) is 19.6 Å². The molecule has 1 fully saturated rings. The van der Waals surface area contributed by atoms with Gasteiger partial charge in [0.2, 0.25) is 5.91 Å². The van der Waals surface area contributed by atoms with E-state index in [1.165, 1.54) is 32.1 Å². The molecule has 0 aromatic rings. The lowest BCUT2D eigenvalue weighted by molar-refractivity contribution is -0.123. The first-order chi connectivity index (χ1) is 9.04. The van der Waals surface area contributed by atoms with Gasteiger partial charge in [0, 0.05) is 25.2 Å². The van der Waals surface area contributed by atoms with Crippen LogP contribution in [0.3, 0.4) is 0 Å². The highest BCUT2D eigenvalue weighted by molar-refractivity contribution is 5.78. The minimum atomic E-state index is 0.139. The Balaban J connectivity index is 2.45. The average molecular weight is 269 g/mol. The summed E-state index contributed by atoms with van der Waals surface area (Å²) >= 11 is 0. The molecule has 1 aliphatic rings. The molecule has 1 unspecified atom stereocenters. The molecule has 0 spiro atoms. The van der Waals surface area contributed by atoms with E-state index in [1.54, 1.807) is 0 Å². The van der Waals surface area contributed by atoms with Crippen LogP contribution in [-0.4, -0.2) is 42.5 Å². The molecule has 19 heavy (non-hydrogen) atoms. The number of carbonyl (C=O) groups is 1. The van der Waals surface area contributed by atoms with Crippen LogP contribution in [-0.2, 0) is 4.79 Å². The summed E-state index contributed by atoms with van der Waals surface area (Å²) in [5.41, 5.74) is 5.69. The van der Waals surface area contributed by atoms with Gasteiger partial charge in [0.05, 0.1) is 6.54 Å². The first-order valence-corrected chi connectivity index (χ1v) is 7.78. The van der Waals surface area contributed by atoms with E-state index >= 15 is 0 Å². The Morgan fingerprint density at radius 1 is 1.26 bits per heavy atom. The van der Waals surface area contributed by atoms with Gasteiger partial charge in [-0.15, -0.1) is 0 Å². The van der Waals surface area contributed by atoms with Gasteiger partial charge in [-0.3, -0.25) is 9.69 Å². The van der Waals surface area contributed by atoms with Crippen molar-refractivity contribution in [1.29, 1.82) is 0 Å². The molecule has 1 saturated carbocycles. The first-order valence-electron chi connectivity index (χ1n) is 7.78.